The Morgan fingerprint density at radius 1 is 1.09 bits per heavy atom. The Morgan fingerprint density at radius 2 is 1.76 bits per heavy atom. The fourth-order valence-electron chi connectivity index (χ4n) is 3.39. The van der Waals surface area contributed by atoms with E-state index < -0.39 is 17.8 Å². The minimum Gasteiger partial charge on any atom is -0.507 e. The van der Waals surface area contributed by atoms with E-state index in [1.807, 2.05) is 0 Å². The number of rotatable bonds is 5. The molecule has 0 aliphatic carbocycles. The summed E-state index contributed by atoms with van der Waals surface area (Å²) in [5.74, 6) is -0.762. The van der Waals surface area contributed by atoms with Crippen LogP contribution in [0.4, 0.5) is 18.9 Å². The molecule has 2 aromatic heterocycles. The van der Waals surface area contributed by atoms with Gasteiger partial charge < -0.3 is 10.0 Å². The summed E-state index contributed by atoms with van der Waals surface area (Å²) in [4.78, 5) is 22.4. The minimum absolute atomic E-state index is 0.0501. The predicted molar refractivity (Wildman–Crippen MR) is 119 cm³/mol. The Labute approximate surface area is 197 Å². The number of aryl methyl sites for hydroxylation is 1. The maximum Gasteiger partial charge on any atom is 0.433 e. The molecule has 2 aromatic carbocycles. The molecule has 7 nitrogen and oxygen atoms in total. The lowest BCUT2D eigenvalue weighted by Crippen LogP contribution is -2.30. The molecular formula is C23H17ClF3N5O2. The van der Waals surface area contributed by atoms with Gasteiger partial charge in [-0.05, 0) is 35.9 Å². The molecule has 0 saturated carbocycles. The first-order valence-electron chi connectivity index (χ1n) is 9.89. The smallest absolute Gasteiger partial charge is 0.433 e. The van der Waals surface area contributed by atoms with Gasteiger partial charge in [-0.1, -0.05) is 23.7 Å². The Kier molecular flexibility index (Phi) is 6.25. The van der Waals surface area contributed by atoms with Crippen molar-refractivity contribution in [1.29, 1.82) is 0 Å². The quantitative estimate of drug-likeness (QED) is 0.423. The topological polar surface area (TPSA) is 84.1 Å². The van der Waals surface area contributed by atoms with Crippen LogP contribution in [-0.2, 0) is 19.8 Å². The molecule has 0 bridgehead atoms. The van der Waals surface area contributed by atoms with Gasteiger partial charge in [-0.25, -0.2) is 9.97 Å². The molecule has 0 aliphatic heterocycles. The van der Waals surface area contributed by atoms with Crippen LogP contribution in [0.15, 0.2) is 67.3 Å². The van der Waals surface area contributed by atoms with Crippen LogP contribution in [0, 0.1) is 0 Å². The van der Waals surface area contributed by atoms with Crippen LogP contribution in [0.2, 0.25) is 5.02 Å². The SMILES string of the molecule is Cn1nc(-c2ccc(N(Cc3ccc(Cl)cc3)C(=O)c3cncnc3)cc2O)cc1C(F)(F)F. The lowest BCUT2D eigenvalue weighted by atomic mass is 10.1. The van der Waals surface area contributed by atoms with Crippen molar-refractivity contribution in [2.75, 3.05) is 4.90 Å². The summed E-state index contributed by atoms with van der Waals surface area (Å²) in [6.07, 6.45) is -0.561. The highest BCUT2D eigenvalue weighted by Gasteiger charge is 2.35. The number of hydrogen-bond acceptors (Lipinski definition) is 5. The zero-order valence-electron chi connectivity index (χ0n) is 17.7. The fourth-order valence-corrected chi connectivity index (χ4v) is 3.51. The molecule has 174 valence electrons. The molecule has 0 saturated heterocycles. The summed E-state index contributed by atoms with van der Waals surface area (Å²) >= 11 is 5.95. The summed E-state index contributed by atoms with van der Waals surface area (Å²) in [5.41, 5.74) is 0.395. The standard InChI is InChI=1S/C23H17ClF3N5O2/c1-31-21(23(25,26)27)9-19(30-31)18-7-6-17(8-20(18)33)32(12-14-2-4-16(24)5-3-14)22(34)15-10-28-13-29-11-15/h2-11,13,33H,12H2,1H3. The first-order valence-corrected chi connectivity index (χ1v) is 10.3. The highest BCUT2D eigenvalue weighted by molar-refractivity contribution is 6.30. The van der Waals surface area contributed by atoms with Gasteiger partial charge in [-0.3, -0.25) is 9.48 Å². The molecule has 0 radical (unpaired) electrons. The first-order chi connectivity index (χ1) is 16.1. The van der Waals surface area contributed by atoms with E-state index in [1.165, 1.54) is 48.9 Å². The number of anilines is 1. The van der Waals surface area contributed by atoms with Gasteiger partial charge in [0.1, 0.15) is 17.8 Å². The van der Waals surface area contributed by atoms with E-state index in [0.717, 1.165) is 11.6 Å². The highest BCUT2D eigenvalue weighted by atomic mass is 35.5. The van der Waals surface area contributed by atoms with E-state index in [-0.39, 0.29) is 29.1 Å². The van der Waals surface area contributed by atoms with Crippen molar-refractivity contribution in [3.05, 3.63) is 89.1 Å². The number of phenolic OH excluding ortho intramolecular Hbond substituents is 1. The Bertz CT molecular complexity index is 1320. The average Bonchev–Trinajstić information content (AvgIpc) is 3.20. The zero-order chi connectivity index (χ0) is 24.5. The summed E-state index contributed by atoms with van der Waals surface area (Å²) in [6, 6.07) is 12.0. The van der Waals surface area contributed by atoms with E-state index in [1.54, 1.807) is 24.3 Å². The number of aromatic nitrogens is 4. The minimum atomic E-state index is -4.59. The molecule has 2 heterocycles. The van der Waals surface area contributed by atoms with Crippen LogP contribution in [0.5, 0.6) is 5.75 Å². The van der Waals surface area contributed by atoms with Crippen molar-refractivity contribution in [1.82, 2.24) is 19.7 Å². The molecule has 34 heavy (non-hydrogen) atoms. The van der Waals surface area contributed by atoms with Crippen molar-refractivity contribution in [2.45, 2.75) is 12.7 Å². The number of hydrogen-bond donors (Lipinski definition) is 1. The Hall–Kier alpha value is -3.92. The summed E-state index contributed by atoms with van der Waals surface area (Å²) in [5, 5.41) is 15.0. The van der Waals surface area contributed by atoms with E-state index in [2.05, 4.69) is 15.1 Å². The Balaban J connectivity index is 1.72. The van der Waals surface area contributed by atoms with Gasteiger partial charge in [-0.2, -0.15) is 18.3 Å². The van der Waals surface area contributed by atoms with Crippen LogP contribution in [-0.4, -0.2) is 30.8 Å². The van der Waals surface area contributed by atoms with Gasteiger partial charge in [0.15, 0.2) is 0 Å². The number of phenols is 1. The lowest BCUT2D eigenvalue weighted by Gasteiger charge is -2.23. The molecule has 4 aromatic rings. The molecular weight excluding hydrogens is 471 g/mol. The third-order valence-corrected chi connectivity index (χ3v) is 5.30. The molecule has 0 spiro atoms. The second-order valence-corrected chi connectivity index (χ2v) is 7.82. The molecule has 1 N–H and O–H groups in total. The number of aromatic hydroxyl groups is 1. The van der Waals surface area contributed by atoms with E-state index in [0.29, 0.717) is 15.4 Å². The number of nitrogens with zero attached hydrogens (tertiary/aromatic N) is 5. The van der Waals surface area contributed by atoms with Gasteiger partial charge in [0, 0.05) is 41.8 Å². The number of halogens is 4. The molecule has 0 atom stereocenters. The highest BCUT2D eigenvalue weighted by Crippen LogP contribution is 2.36. The number of carbonyl (C=O) groups is 1. The van der Waals surface area contributed by atoms with Gasteiger partial charge in [0.25, 0.3) is 5.91 Å². The second kappa shape index (κ2) is 9.14. The number of alkyl halides is 3. The van der Waals surface area contributed by atoms with Gasteiger partial charge in [-0.15, -0.1) is 0 Å². The van der Waals surface area contributed by atoms with Crippen LogP contribution >= 0.6 is 11.6 Å². The van der Waals surface area contributed by atoms with Crippen LogP contribution in [0.3, 0.4) is 0 Å². The monoisotopic (exact) mass is 487 g/mol. The van der Waals surface area contributed by atoms with E-state index in [9.17, 15) is 23.1 Å². The Morgan fingerprint density at radius 3 is 2.35 bits per heavy atom. The van der Waals surface area contributed by atoms with Crippen molar-refractivity contribution in [3.63, 3.8) is 0 Å². The molecule has 11 heteroatoms. The molecule has 0 unspecified atom stereocenters. The van der Waals surface area contributed by atoms with Gasteiger partial charge in [0.2, 0.25) is 0 Å². The molecule has 0 aliphatic rings. The summed E-state index contributed by atoms with van der Waals surface area (Å²) < 4.78 is 40.1. The number of amides is 1. The number of benzene rings is 2. The van der Waals surface area contributed by atoms with Crippen molar-refractivity contribution >= 4 is 23.2 Å². The van der Waals surface area contributed by atoms with Gasteiger partial charge in [0.05, 0.1) is 17.8 Å². The predicted octanol–water partition coefficient (Wildman–Crippen LogP) is 5.10. The van der Waals surface area contributed by atoms with Crippen LogP contribution in [0.25, 0.3) is 11.3 Å². The largest absolute Gasteiger partial charge is 0.507 e. The third kappa shape index (κ3) is 4.86. The lowest BCUT2D eigenvalue weighted by molar-refractivity contribution is -0.143. The van der Waals surface area contributed by atoms with Crippen LogP contribution < -0.4 is 4.90 Å². The van der Waals surface area contributed by atoms with Crippen molar-refractivity contribution in [3.8, 4) is 17.0 Å². The first kappa shape index (κ1) is 23.2. The summed E-state index contributed by atoms with van der Waals surface area (Å²) in [6.45, 7) is 0.130. The molecule has 4 rings (SSSR count). The van der Waals surface area contributed by atoms with Gasteiger partial charge >= 0.3 is 6.18 Å². The summed E-state index contributed by atoms with van der Waals surface area (Å²) in [7, 11) is 1.17. The second-order valence-electron chi connectivity index (χ2n) is 7.38. The van der Waals surface area contributed by atoms with E-state index in [4.69, 9.17) is 11.6 Å². The fraction of sp³-hybridized carbons (Fsp3) is 0.130. The zero-order valence-corrected chi connectivity index (χ0v) is 18.4. The molecule has 0 fully saturated rings. The van der Waals surface area contributed by atoms with Crippen molar-refractivity contribution in [2.24, 2.45) is 7.05 Å². The normalized spacial score (nSPS) is 11.4. The molecule has 1 amide bonds. The average molecular weight is 488 g/mol. The maximum atomic E-state index is 13.2. The van der Waals surface area contributed by atoms with E-state index >= 15 is 0 Å². The number of carbonyl (C=O) groups excluding carboxylic acids is 1. The van der Waals surface area contributed by atoms with Crippen LogP contribution in [0.1, 0.15) is 21.6 Å². The van der Waals surface area contributed by atoms with Crippen molar-refractivity contribution < 1.29 is 23.1 Å². The third-order valence-electron chi connectivity index (χ3n) is 5.05. The maximum absolute atomic E-state index is 13.2.